The first-order valence-electron chi connectivity index (χ1n) is 4.59. The Morgan fingerprint density at radius 1 is 1.29 bits per heavy atom. The van der Waals surface area contributed by atoms with Gasteiger partial charge in [-0.1, -0.05) is 6.07 Å². The molecule has 1 aromatic rings. The predicted octanol–water partition coefficient (Wildman–Crippen LogP) is 0.450. The van der Waals surface area contributed by atoms with Crippen LogP contribution in [-0.2, 0) is 0 Å². The molecule has 76 valence electrons. The molecule has 0 spiro atoms. The van der Waals surface area contributed by atoms with Crippen molar-refractivity contribution < 1.29 is 14.6 Å². The fourth-order valence-corrected chi connectivity index (χ4v) is 1.40. The molecule has 1 aliphatic heterocycles. The Morgan fingerprint density at radius 3 is 2.71 bits per heavy atom. The van der Waals surface area contributed by atoms with E-state index in [1.807, 2.05) is 0 Å². The molecule has 0 fully saturated rings. The zero-order valence-corrected chi connectivity index (χ0v) is 7.77. The molecule has 1 aromatic carbocycles. The number of aliphatic hydroxyl groups is 1. The average molecular weight is 195 g/mol. The standard InChI is InChI=1S/C10H13NO3/c11-6-8(12)7-1-2-9-10(5-7)14-4-3-13-9/h1-2,5,8,12H,3-4,6,11H2/t8-/m1/s1. The number of hydrogen-bond donors (Lipinski definition) is 2. The van der Waals surface area contributed by atoms with Gasteiger partial charge in [0.15, 0.2) is 11.5 Å². The normalized spacial score (nSPS) is 16.4. The van der Waals surface area contributed by atoms with E-state index in [4.69, 9.17) is 15.2 Å². The molecule has 2 rings (SSSR count). The highest BCUT2D eigenvalue weighted by Gasteiger charge is 2.14. The van der Waals surface area contributed by atoms with Crippen molar-refractivity contribution in [3.63, 3.8) is 0 Å². The van der Waals surface area contributed by atoms with Gasteiger partial charge >= 0.3 is 0 Å². The van der Waals surface area contributed by atoms with Crippen LogP contribution in [0.4, 0.5) is 0 Å². The van der Waals surface area contributed by atoms with Crippen molar-refractivity contribution in [2.24, 2.45) is 5.73 Å². The van der Waals surface area contributed by atoms with Crippen LogP contribution in [0.15, 0.2) is 18.2 Å². The molecule has 1 heterocycles. The van der Waals surface area contributed by atoms with Crippen LogP contribution < -0.4 is 15.2 Å². The number of fused-ring (bicyclic) bond motifs is 1. The van der Waals surface area contributed by atoms with Crippen molar-refractivity contribution in [3.8, 4) is 11.5 Å². The van der Waals surface area contributed by atoms with Crippen molar-refractivity contribution in [1.29, 1.82) is 0 Å². The monoisotopic (exact) mass is 195 g/mol. The average Bonchev–Trinajstić information content (AvgIpc) is 2.27. The summed E-state index contributed by atoms with van der Waals surface area (Å²) in [5.41, 5.74) is 6.12. The summed E-state index contributed by atoms with van der Waals surface area (Å²) < 4.78 is 10.7. The molecule has 4 heteroatoms. The van der Waals surface area contributed by atoms with Crippen LogP contribution in [0, 0.1) is 0 Å². The first-order valence-corrected chi connectivity index (χ1v) is 4.59. The smallest absolute Gasteiger partial charge is 0.161 e. The summed E-state index contributed by atoms with van der Waals surface area (Å²) in [5, 5.41) is 9.51. The first-order chi connectivity index (χ1) is 6.81. The SMILES string of the molecule is NC[C@@H](O)c1ccc2c(c1)OCCO2. The summed E-state index contributed by atoms with van der Waals surface area (Å²) in [6.07, 6.45) is -0.633. The van der Waals surface area contributed by atoms with Crippen LogP contribution in [0.25, 0.3) is 0 Å². The van der Waals surface area contributed by atoms with E-state index in [0.717, 1.165) is 11.3 Å². The van der Waals surface area contributed by atoms with Crippen molar-refractivity contribution in [2.75, 3.05) is 19.8 Å². The van der Waals surface area contributed by atoms with Crippen molar-refractivity contribution in [1.82, 2.24) is 0 Å². The van der Waals surface area contributed by atoms with Gasteiger partial charge in [0.05, 0.1) is 6.10 Å². The van der Waals surface area contributed by atoms with Gasteiger partial charge in [-0.3, -0.25) is 0 Å². The second-order valence-electron chi connectivity index (χ2n) is 3.15. The molecule has 1 aliphatic rings. The summed E-state index contributed by atoms with van der Waals surface area (Å²) in [5.74, 6) is 1.41. The van der Waals surface area contributed by atoms with Crippen LogP contribution in [0.3, 0.4) is 0 Å². The molecule has 0 aliphatic carbocycles. The predicted molar refractivity (Wildman–Crippen MR) is 51.4 cm³/mol. The molecule has 0 bridgehead atoms. The van der Waals surface area contributed by atoms with Crippen LogP contribution in [0.2, 0.25) is 0 Å². The number of ether oxygens (including phenoxy) is 2. The molecule has 4 nitrogen and oxygen atoms in total. The Labute approximate surface area is 82.2 Å². The third-order valence-electron chi connectivity index (χ3n) is 2.17. The first kappa shape index (κ1) is 9.30. The lowest BCUT2D eigenvalue weighted by Crippen LogP contribution is -2.16. The molecule has 0 aromatic heterocycles. The van der Waals surface area contributed by atoms with Crippen LogP contribution in [0.5, 0.6) is 11.5 Å². The highest BCUT2D eigenvalue weighted by molar-refractivity contribution is 5.44. The summed E-state index contributed by atoms with van der Waals surface area (Å²) in [6, 6.07) is 5.36. The van der Waals surface area contributed by atoms with E-state index in [9.17, 15) is 5.11 Å². The summed E-state index contributed by atoms with van der Waals surface area (Å²) in [6.45, 7) is 1.33. The molecule has 0 radical (unpaired) electrons. The minimum absolute atomic E-state index is 0.208. The Morgan fingerprint density at radius 2 is 2.00 bits per heavy atom. The summed E-state index contributed by atoms with van der Waals surface area (Å²) >= 11 is 0. The molecular weight excluding hydrogens is 182 g/mol. The van der Waals surface area contributed by atoms with Gasteiger partial charge in [-0.25, -0.2) is 0 Å². The zero-order chi connectivity index (χ0) is 9.97. The minimum atomic E-state index is -0.633. The van der Waals surface area contributed by atoms with E-state index in [1.165, 1.54) is 0 Å². The summed E-state index contributed by atoms with van der Waals surface area (Å²) in [7, 11) is 0. The highest BCUT2D eigenvalue weighted by atomic mass is 16.6. The fraction of sp³-hybridized carbons (Fsp3) is 0.400. The van der Waals surface area contributed by atoms with E-state index in [0.29, 0.717) is 19.0 Å². The molecular formula is C10H13NO3. The van der Waals surface area contributed by atoms with Gasteiger partial charge in [0, 0.05) is 6.54 Å². The van der Waals surface area contributed by atoms with Gasteiger partial charge in [-0.2, -0.15) is 0 Å². The lowest BCUT2D eigenvalue weighted by atomic mass is 10.1. The Kier molecular flexibility index (Phi) is 2.56. The highest BCUT2D eigenvalue weighted by Crippen LogP contribution is 2.32. The van der Waals surface area contributed by atoms with Gasteiger partial charge in [0.1, 0.15) is 13.2 Å². The molecule has 0 saturated carbocycles. The minimum Gasteiger partial charge on any atom is -0.486 e. The lowest BCUT2D eigenvalue weighted by molar-refractivity contribution is 0.166. The third kappa shape index (κ3) is 1.66. The second kappa shape index (κ2) is 3.86. The summed E-state index contributed by atoms with van der Waals surface area (Å²) in [4.78, 5) is 0. The largest absolute Gasteiger partial charge is 0.486 e. The van der Waals surface area contributed by atoms with Crippen molar-refractivity contribution >= 4 is 0 Å². The van der Waals surface area contributed by atoms with E-state index in [-0.39, 0.29) is 6.54 Å². The van der Waals surface area contributed by atoms with Crippen molar-refractivity contribution in [3.05, 3.63) is 23.8 Å². The van der Waals surface area contributed by atoms with E-state index >= 15 is 0 Å². The van der Waals surface area contributed by atoms with Crippen LogP contribution >= 0.6 is 0 Å². The third-order valence-corrected chi connectivity index (χ3v) is 2.17. The van der Waals surface area contributed by atoms with E-state index in [2.05, 4.69) is 0 Å². The second-order valence-corrected chi connectivity index (χ2v) is 3.15. The quantitative estimate of drug-likeness (QED) is 0.719. The maximum absolute atomic E-state index is 9.51. The van der Waals surface area contributed by atoms with Gasteiger partial charge < -0.3 is 20.3 Å². The molecule has 0 saturated heterocycles. The lowest BCUT2D eigenvalue weighted by Gasteiger charge is -2.19. The van der Waals surface area contributed by atoms with E-state index in [1.54, 1.807) is 18.2 Å². The Balaban J connectivity index is 2.29. The number of nitrogens with two attached hydrogens (primary N) is 1. The number of rotatable bonds is 2. The maximum Gasteiger partial charge on any atom is 0.161 e. The van der Waals surface area contributed by atoms with Crippen molar-refractivity contribution in [2.45, 2.75) is 6.10 Å². The molecule has 14 heavy (non-hydrogen) atoms. The van der Waals surface area contributed by atoms with Crippen LogP contribution in [-0.4, -0.2) is 24.9 Å². The van der Waals surface area contributed by atoms with Gasteiger partial charge in [-0.05, 0) is 17.7 Å². The maximum atomic E-state index is 9.51. The van der Waals surface area contributed by atoms with Gasteiger partial charge in [0.25, 0.3) is 0 Å². The number of hydrogen-bond acceptors (Lipinski definition) is 4. The number of benzene rings is 1. The molecule has 0 amide bonds. The molecule has 0 unspecified atom stereocenters. The van der Waals surface area contributed by atoms with Gasteiger partial charge in [0.2, 0.25) is 0 Å². The zero-order valence-electron chi connectivity index (χ0n) is 7.77. The Bertz CT molecular complexity index is 327. The van der Waals surface area contributed by atoms with Gasteiger partial charge in [-0.15, -0.1) is 0 Å². The fourth-order valence-electron chi connectivity index (χ4n) is 1.40. The van der Waals surface area contributed by atoms with Crippen LogP contribution in [0.1, 0.15) is 11.7 Å². The molecule has 1 atom stereocenters. The molecule has 3 N–H and O–H groups in total. The Hall–Kier alpha value is -1.26. The van der Waals surface area contributed by atoms with E-state index < -0.39 is 6.10 Å². The topological polar surface area (TPSA) is 64.7 Å². The number of aliphatic hydroxyl groups excluding tert-OH is 1.